The topological polar surface area (TPSA) is 15.3 Å². The smallest absolute Gasteiger partial charge is 0.0366 e. The molecule has 1 N–H and O–H groups in total. The molecule has 1 aromatic rings. The first-order valence-electron chi connectivity index (χ1n) is 6.88. The van der Waals surface area contributed by atoms with Gasteiger partial charge in [0.25, 0.3) is 0 Å². The minimum atomic E-state index is 1.13. The Labute approximate surface area is 105 Å². The molecule has 0 aliphatic carbocycles. The summed E-state index contributed by atoms with van der Waals surface area (Å²) in [6.45, 7) is 3.61. The van der Waals surface area contributed by atoms with Crippen molar-refractivity contribution < 1.29 is 0 Å². The van der Waals surface area contributed by atoms with Gasteiger partial charge >= 0.3 is 0 Å². The van der Waals surface area contributed by atoms with Crippen LogP contribution in [0, 0.1) is 0 Å². The van der Waals surface area contributed by atoms with Gasteiger partial charge in [-0.15, -0.1) is 0 Å². The number of nitrogens with one attached hydrogen (secondary N) is 1. The third-order valence-electron chi connectivity index (χ3n) is 3.55. The van der Waals surface area contributed by atoms with Crippen LogP contribution >= 0.6 is 0 Å². The number of hydrogen-bond acceptors (Lipinski definition) is 2. The van der Waals surface area contributed by atoms with Crippen LogP contribution in [0.25, 0.3) is 0 Å². The molecule has 17 heavy (non-hydrogen) atoms. The maximum absolute atomic E-state index is 3.19. The van der Waals surface area contributed by atoms with Gasteiger partial charge in [-0.1, -0.05) is 12.1 Å². The van der Waals surface area contributed by atoms with Crippen molar-refractivity contribution in [2.24, 2.45) is 0 Å². The van der Waals surface area contributed by atoms with E-state index in [1.54, 1.807) is 0 Å². The van der Waals surface area contributed by atoms with E-state index in [2.05, 4.69) is 34.5 Å². The van der Waals surface area contributed by atoms with Gasteiger partial charge in [-0.2, -0.15) is 0 Å². The molecule has 0 amide bonds. The average molecular weight is 232 g/mol. The van der Waals surface area contributed by atoms with Crippen molar-refractivity contribution >= 4 is 5.69 Å². The quantitative estimate of drug-likeness (QED) is 0.759. The number of hydrogen-bond donors (Lipinski definition) is 1. The van der Waals surface area contributed by atoms with Crippen LogP contribution < -0.4 is 10.2 Å². The van der Waals surface area contributed by atoms with E-state index in [-0.39, 0.29) is 0 Å². The molecule has 0 unspecified atom stereocenters. The van der Waals surface area contributed by atoms with E-state index >= 15 is 0 Å². The van der Waals surface area contributed by atoms with Crippen LogP contribution in [0.2, 0.25) is 0 Å². The van der Waals surface area contributed by atoms with Gasteiger partial charge in [0.1, 0.15) is 0 Å². The van der Waals surface area contributed by atoms with E-state index < -0.39 is 0 Å². The Balaban J connectivity index is 1.80. The van der Waals surface area contributed by atoms with E-state index in [4.69, 9.17) is 0 Å². The molecule has 0 saturated carbocycles. The van der Waals surface area contributed by atoms with E-state index in [0.29, 0.717) is 0 Å². The van der Waals surface area contributed by atoms with Crippen molar-refractivity contribution in [3.05, 3.63) is 29.8 Å². The SMILES string of the molecule is CNCCCCc1ccc(N2CCCC2)cc1. The molecule has 0 bridgehead atoms. The summed E-state index contributed by atoms with van der Waals surface area (Å²) in [7, 11) is 2.02. The lowest BCUT2D eigenvalue weighted by Crippen LogP contribution is -2.17. The van der Waals surface area contributed by atoms with E-state index in [0.717, 1.165) is 6.54 Å². The first kappa shape index (κ1) is 12.4. The molecule has 1 aromatic carbocycles. The summed E-state index contributed by atoms with van der Waals surface area (Å²) in [6.07, 6.45) is 6.47. The molecule has 1 aliphatic rings. The van der Waals surface area contributed by atoms with Crippen LogP contribution in [0.5, 0.6) is 0 Å². The Morgan fingerprint density at radius 1 is 1.06 bits per heavy atom. The van der Waals surface area contributed by atoms with E-state index in [1.165, 1.54) is 56.4 Å². The second kappa shape index (κ2) is 6.65. The summed E-state index contributed by atoms with van der Waals surface area (Å²) in [5, 5.41) is 3.19. The summed E-state index contributed by atoms with van der Waals surface area (Å²) in [6, 6.07) is 9.18. The molecule has 0 atom stereocenters. The monoisotopic (exact) mass is 232 g/mol. The minimum absolute atomic E-state index is 1.13. The normalized spacial score (nSPS) is 15.5. The molecule has 0 radical (unpaired) electrons. The molecule has 2 heteroatoms. The second-order valence-electron chi connectivity index (χ2n) is 4.92. The number of nitrogens with zero attached hydrogens (tertiary/aromatic N) is 1. The van der Waals surface area contributed by atoms with E-state index in [9.17, 15) is 0 Å². The van der Waals surface area contributed by atoms with Gasteiger partial charge in [0.05, 0.1) is 0 Å². The number of aryl methyl sites for hydroxylation is 1. The highest BCUT2D eigenvalue weighted by molar-refractivity contribution is 5.48. The number of anilines is 1. The van der Waals surface area contributed by atoms with Crippen molar-refractivity contribution in [2.75, 3.05) is 31.6 Å². The minimum Gasteiger partial charge on any atom is -0.372 e. The molecule has 1 heterocycles. The molecule has 1 saturated heterocycles. The Morgan fingerprint density at radius 2 is 1.76 bits per heavy atom. The highest BCUT2D eigenvalue weighted by Crippen LogP contribution is 2.20. The van der Waals surface area contributed by atoms with Crippen molar-refractivity contribution in [3.63, 3.8) is 0 Å². The number of benzene rings is 1. The summed E-state index contributed by atoms with van der Waals surface area (Å²) >= 11 is 0. The fourth-order valence-electron chi connectivity index (χ4n) is 2.48. The Bertz CT molecular complexity index is 312. The maximum Gasteiger partial charge on any atom is 0.0366 e. The van der Waals surface area contributed by atoms with Gasteiger partial charge in [-0.05, 0) is 63.4 Å². The summed E-state index contributed by atoms with van der Waals surface area (Å²) in [5.74, 6) is 0. The first-order chi connectivity index (χ1) is 8.40. The number of rotatable bonds is 6. The highest BCUT2D eigenvalue weighted by Gasteiger charge is 2.11. The Morgan fingerprint density at radius 3 is 2.41 bits per heavy atom. The lowest BCUT2D eigenvalue weighted by molar-refractivity contribution is 0.677. The molecular weight excluding hydrogens is 208 g/mol. The van der Waals surface area contributed by atoms with Crippen LogP contribution in [0.15, 0.2) is 24.3 Å². The lowest BCUT2D eigenvalue weighted by atomic mass is 10.1. The van der Waals surface area contributed by atoms with Gasteiger partial charge in [0.2, 0.25) is 0 Å². The Hall–Kier alpha value is -1.02. The Kier molecular flexibility index (Phi) is 4.87. The number of unbranched alkanes of at least 4 members (excludes halogenated alkanes) is 1. The summed E-state index contributed by atoms with van der Waals surface area (Å²) in [4.78, 5) is 2.49. The molecule has 1 aliphatic heterocycles. The summed E-state index contributed by atoms with van der Waals surface area (Å²) < 4.78 is 0. The largest absolute Gasteiger partial charge is 0.372 e. The molecule has 0 aromatic heterocycles. The van der Waals surface area contributed by atoms with Gasteiger partial charge < -0.3 is 10.2 Å². The van der Waals surface area contributed by atoms with Gasteiger partial charge in [0.15, 0.2) is 0 Å². The van der Waals surface area contributed by atoms with Crippen LogP contribution in [0.3, 0.4) is 0 Å². The lowest BCUT2D eigenvalue weighted by Gasteiger charge is -2.17. The van der Waals surface area contributed by atoms with Crippen LogP contribution in [-0.2, 0) is 6.42 Å². The van der Waals surface area contributed by atoms with Crippen molar-refractivity contribution in [1.82, 2.24) is 5.32 Å². The van der Waals surface area contributed by atoms with Crippen LogP contribution in [-0.4, -0.2) is 26.7 Å². The first-order valence-corrected chi connectivity index (χ1v) is 6.88. The zero-order chi connectivity index (χ0) is 11.9. The predicted molar refractivity (Wildman–Crippen MR) is 74.8 cm³/mol. The third kappa shape index (κ3) is 3.74. The zero-order valence-electron chi connectivity index (χ0n) is 10.9. The predicted octanol–water partition coefficient (Wildman–Crippen LogP) is 2.83. The molecule has 0 spiro atoms. The molecule has 1 fully saturated rings. The maximum atomic E-state index is 3.19. The molecule has 2 nitrogen and oxygen atoms in total. The summed E-state index contributed by atoms with van der Waals surface area (Å²) in [5.41, 5.74) is 2.88. The standard InChI is InChI=1S/C15H24N2/c1-16-11-3-2-6-14-7-9-15(10-8-14)17-12-4-5-13-17/h7-10,16H,2-6,11-13H2,1H3. The fourth-order valence-corrected chi connectivity index (χ4v) is 2.48. The van der Waals surface area contributed by atoms with Gasteiger partial charge in [-0.25, -0.2) is 0 Å². The van der Waals surface area contributed by atoms with Crippen LogP contribution in [0.1, 0.15) is 31.2 Å². The average Bonchev–Trinajstić information content (AvgIpc) is 2.89. The fraction of sp³-hybridized carbons (Fsp3) is 0.600. The molecule has 2 rings (SSSR count). The highest BCUT2D eigenvalue weighted by atomic mass is 15.1. The van der Waals surface area contributed by atoms with E-state index in [1.807, 2.05) is 7.05 Å². The molecular formula is C15H24N2. The van der Waals surface area contributed by atoms with Crippen LogP contribution in [0.4, 0.5) is 5.69 Å². The van der Waals surface area contributed by atoms with Crippen molar-refractivity contribution in [1.29, 1.82) is 0 Å². The van der Waals surface area contributed by atoms with Gasteiger partial charge in [-0.3, -0.25) is 0 Å². The zero-order valence-corrected chi connectivity index (χ0v) is 10.9. The van der Waals surface area contributed by atoms with Crippen molar-refractivity contribution in [2.45, 2.75) is 32.1 Å². The van der Waals surface area contributed by atoms with Crippen molar-refractivity contribution in [3.8, 4) is 0 Å². The van der Waals surface area contributed by atoms with Gasteiger partial charge in [0, 0.05) is 18.8 Å². The molecule has 94 valence electrons. The second-order valence-corrected chi connectivity index (χ2v) is 4.92. The third-order valence-corrected chi connectivity index (χ3v) is 3.55.